The average Bonchev–Trinajstić information content (AvgIpc) is 2.75. The number of nitrogens with zero attached hydrogens (tertiary/aromatic N) is 3. The van der Waals surface area contributed by atoms with Gasteiger partial charge in [0.05, 0.1) is 11.0 Å². The molecule has 0 radical (unpaired) electrons. The van der Waals surface area contributed by atoms with Crippen LogP contribution in [-0.2, 0) is 0 Å². The fourth-order valence-electron chi connectivity index (χ4n) is 2.37. The molecule has 1 amide bonds. The summed E-state index contributed by atoms with van der Waals surface area (Å²) in [6.07, 6.45) is 0.895. The molecule has 9 heteroatoms. The largest absolute Gasteiger partial charge is 0.465 e. The van der Waals surface area contributed by atoms with E-state index in [4.69, 9.17) is 5.11 Å². The summed E-state index contributed by atoms with van der Waals surface area (Å²) >= 11 is 1.07. The molecule has 1 saturated heterocycles. The Hall–Kier alpha value is -1.90. The first-order valence-corrected chi connectivity index (χ1v) is 6.58. The Balaban J connectivity index is 2.16. The van der Waals surface area contributed by atoms with E-state index in [0.717, 1.165) is 18.0 Å². The number of aromatic nitrogens is 1. The van der Waals surface area contributed by atoms with Crippen LogP contribution >= 0.6 is 11.5 Å². The average molecular weight is 286 g/mol. The van der Waals surface area contributed by atoms with Gasteiger partial charge in [-0.05, 0) is 23.9 Å². The summed E-state index contributed by atoms with van der Waals surface area (Å²) in [5.41, 5.74) is -0.0202. The molecular formula is C10H14N4O4S. The number of rotatable bonds is 3. The lowest BCUT2D eigenvalue weighted by Crippen LogP contribution is -2.50. The first kappa shape index (κ1) is 13.5. The van der Waals surface area contributed by atoms with E-state index in [1.165, 1.54) is 6.20 Å². The fraction of sp³-hybridized carbons (Fsp3) is 0.600. The topological polar surface area (TPSA) is 109 Å². The van der Waals surface area contributed by atoms with Crippen LogP contribution in [0, 0.1) is 16.0 Å². The van der Waals surface area contributed by atoms with E-state index < -0.39 is 11.0 Å². The second-order valence-electron chi connectivity index (χ2n) is 4.67. The van der Waals surface area contributed by atoms with E-state index in [-0.39, 0.29) is 17.6 Å². The van der Waals surface area contributed by atoms with Crippen molar-refractivity contribution in [3.63, 3.8) is 0 Å². The van der Waals surface area contributed by atoms with Crippen molar-refractivity contribution < 1.29 is 14.8 Å². The Labute approximate surface area is 113 Å². The monoisotopic (exact) mass is 286 g/mol. The third-order valence-corrected chi connectivity index (χ3v) is 3.86. The van der Waals surface area contributed by atoms with Gasteiger partial charge in [-0.1, -0.05) is 6.92 Å². The van der Waals surface area contributed by atoms with Gasteiger partial charge in [0.2, 0.25) is 0 Å². The van der Waals surface area contributed by atoms with Gasteiger partial charge in [0, 0.05) is 13.1 Å². The zero-order valence-electron chi connectivity index (χ0n) is 10.3. The Morgan fingerprint density at radius 2 is 2.42 bits per heavy atom. The lowest BCUT2D eigenvalue weighted by Gasteiger charge is -2.36. The number of piperidine rings is 1. The van der Waals surface area contributed by atoms with Crippen molar-refractivity contribution in [1.82, 2.24) is 9.69 Å². The molecule has 1 fully saturated rings. The van der Waals surface area contributed by atoms with Gasteiger partial charge in [0.15, 0.2) is 5.00 Å². The Kier molecular flexibility index (Phi) is 3.84. The lowest BCUT2D eigenvalue weighted by molar-refractivity contribution is -0.383. The summed E-state index contributed by atoms with van der Waals surface area (Å²) in [5.74, 6) is 0.257. The third kappa shape index (κ3) is 3.11. The molecule has 2 N–H and O–H groups in total. The van der Waals surface area contributed by atoms with Crippen molar-refractivity contribution in [2.24, 2.45) is 5.92 Å². The standard InChI is InChI=1S/C10H14N4O4S/c1-6-2-7(12-10(15)16)5-13(4-6)9-8(14(17)18)3-11-19-9/h3,6-7,12H,2,4-5H2,1H3,(H,15,16)/t6-,7+/m1/s1. The lowest BCUT2D eigenvalue weighted by atomic mass is 9.96. The van der Waals surface area contributed by atoms with Crippen molar-refractivity contribution >= 4 is 28.3 Å². The summed E-state index contributed by atoms with van der Waals surface area (Å²) in [6, 6.07) is -0.219. The number of anilines is 1. The normalized spacial score (nSPS) is 23.1. The van der Waals surface area contributed by atoms with Crippen LogP contribution < -0.4 is 10.2 Å². The molecule has 0 saturated carbocycles. The van der Waals surface area contributed by atoms with Gasteiger partial charge in [-0.2, -0.15) is 4.37 Å². The maximum Gasteiger partial charge on any atom is 0.404 e. The highest BCUT2D eigenvalue weighted by atomic mass is 32.1. The van der Waals surface area contributed by atoms with Crippen LogP contribution in [0.5, 0.6) is 0 Å². The minimum absolute atomic E-state index is 0.0202. The van der Waals surface area contributed by atoms with Crippen LogP contribution in [0.25, 0.3) is 0 Å². The van der Waals surface area contributed by atoms with E-state index >= 15 is 0 Å². The minimum atomic E-state index is -1.07. The summed E-state index contributed by atoms with van der Waals surface area (Å²) in [5, 5.41) is 22.6. The molecule has 8 nitrogen and oxygen atoms in total. The molecule has 0 bridgehead atoms. The van der Waals surface area contributed by atoms with Gasteiger partial charge in [-0.3, -0.25) is 10.1 Å². The zero-order chi connectivity index (χ0) is 14.0. The fourth-order valence-corrected chi connectivity index (χ4v) is 3.11. The van der Waals surface area contributed by atoms with E-state index in [1.54, 1.807) is 0 Å². The molecule has 2 rings (SSSR count). The molecule has 1 aromatic heterocycles. The van der Waals surface area contributed by atoms with Gasteiger partial charge in [0.1, 0.15) is 6.20 Å². The predicted molar refractivity (Wildman–Crippen MR) is 69.7 cm³/mol. The van der Waals surface area contributed by atoms with Gasteiger partial charge in [-0.25, -0.2) is 4.79 Å². The number of hydrogen-bond acceptors (Lipinski definition) is 6. The minimum Gasteiger partial charge on any atom is -0.465 e. The molecule has 19 heavy (non-hydrogen) atoms. The van der Waals surface area contributed by atoms with Crippen molar-refractivity contribution in [2.45, 2.75) is 19.4 Å². The zero-order valence-corrected chi connectivity index (χ0v) is 11.1. The third-order valence-electron chi connectivity index (χ3n) is 3.00. The maximum absolute atomic E-state index is 10.9. The van der Waals surface area contributed by atoms with Crippen molar-refractivity contribution in [2.75, 3.05) is 18.0 Å². The second kappa shape index (κ2) is 5.39. The molecule has 0 aromatic carbocycles. The highest BCUT2D eigenvalue weighted by molar-refractivity contribution is 7.10. The van der Waals surface area contributed by atoms with Gasteiger partial charge < -0.3 is 15.3 Å². The molecule has 0 spiro atoms. The number of hydrogen-bond donors (Lipinski definition) is 2. The molecule has 2 heterocycles. The number of carboxylic acid groups (broad SMARTS) is 1. The summed E-state index contributed by atoms with van der Waals surface area (Å²) in [6.45, 7) is 3.09. The van der Waals surface area contributed by atoms with Gasteiger partial charge in [-0.15, -0.1) is 0 Å². The first-order valence-electron chi connectivity index (χ1n) is 5.81. The van der Waals surface area contributed by atoms with Crippen LogP contribution in [0.4, 0.5) is 15.5 Å². The quantitative estimate of drug-likeness (QED) is 0.644. The summed E-state index contributed by atoms with van der Waals surface area (Å²) in [4.78, 5) is 23.0. The van der Waals surface area contributed by atoms with Crippen LogP contribution in [0.1, 0.15) is 13.3 Å². The number of carbonyl (C=O) groups is 1. The summed E-state index contributed by atoms with van der Waals surface area (Å²) < 4.78 is 3.85. The molecule has 1 aliphatic heterocycles. The Morgan fingerprint density at radius 1 is 1.68 bits per heavy atom. The molecule has 104 valence electrons. The van der Waals surface area contributed by atoms with Crippen LogP contribution in [0.3, 0.4) is 0 Å². The number of nitro groups is 1. The maximum atomic E-state index is 10.9. The molecule has 2 atom stereocenters. The van der Waals surface area contributed by atoms with Crippen LogP contribution in [-0.4, -0.2) is 39.6 Å². The molecule has 0 aliphatic carbocycles. The Morgan fingerprint density at radius 3 is 3.05 bits per heavy atom. The van der Waals surface area contributed by atoms with Gasteiger partial charge in [0.25, 0.3) is 0 Å². The molecule has 1 aromatic rings. The molecule has 1 aliphatic rings. The molecule has 0 unspecified atom stereocenters. The van der Waals surface area contributed by atoms with E-state index in [9.17, 15) is 14.9 Å². The van der Waals surface area contributed by atoms with E-state index in [2.05, 4.69) is 9.69 Å². The highest BCUT2D eigenvalue weighted by Crippen LogP contribution is 2.34. The first-order chi connectivity index (χ1) is 8.97. The van der Waals surface area contributed by atoms with Crippen molar-refractivity contribution in [1.29, 1.82) is 0 Å². The smallest absolute Gasteiger partial charge is 0.404 e. The van der Waals surface area contributed by atoms with E-state index in [0.29, 0.717) is 18.1 Å². The predicted octanol–water partition coefficient (Wildman–Crippen LogP) is 1.53. The van der Waals surface area contributed by atoms with Crippen molar-refractivity contribution in [3.05, 3.63) is 16.3 Å². The van der Waals surface area contributed by atoms with Crippen LogP contribution in [0.15, 0.2) is 6.20 Å². The highest BCUT2D eigenvalue weighted by Gasteiger charge is 2.31. The summed E-state index contributed by atoms with van der Waals surface area (Å²) in [7, 11) is 0. The van der Waals surface area contributed by atoms with Crippen molar-refractivity contribution in [3.8, 4) is 0 Å². The van der Waals surface area contributed by atoms with Gasteiger partial charge >= 0.3 is 11.8 Å². The second-order valence-corrected chi connectivity index (χ2v) is 5.45. The van der Waals surface area contributed by atoms with Crippen LogP contribution in [0.2, 0.25) is 0 Å². The SMILES string of the molecule is C[C@@H]1C[C@H](NC(=O)O)CN(c2sncc2[N+](=O)[O-])C1. The number of nitrogens with one attached hydrogen (secondary N) is 1. The molecular weight excluding hydrogens is 272 g/mol. The Bertz CT molecular complexity index is 492. The van der Waals surface area contributed by atoms with E-state index in [1.807, 2.05) is 11.8 Å². The number of amides is 1.